The molecule has 0 aromatic rings. The smallest absolute Gasteiger partial charge is 0.326 e. The summed E-state index contributed by atoms with van der Waals surface area (Å²) in [5.74, 6) is 0.518. The highest BCUT2D eigenvalue weighted by molar-refractivity contribution is 5.80. The first kappa shape index (κ1) is 42.5. The van der Waals surface area contributed by atoms with E-state index < -0.39 is 23.5 Å². The molecule has 2 fully saturated rings. The van der Waals surface area contributed by atoms with E-state index in [4.69, 9.17) is 0 Å². The van der Waals surface area contributed by atoms with Crippen LogP contribution in [-0.4, -0.2) is 56.8 Å². The molecule has 7 heteroatoms. The first-order valence-corrected chi connectivity index (χ1v) is 19.1. The fourth-order valence-corrected chi connectivity index (χ4v) is 7.83. The van der Waals surface area contributed by atoms with Gasteiger partial charge in [-0.05, 0) is 121 Å². The number of hydrogen-bond acceptors (Lipinski definition) is 6. The molecule has 1 saturated carbocycles. The monoisotopic (exact) mass is 681 g/mol. The quantitative estimate of drug-likeness (QED) is 0.0816. The zero-order valence-electron chi connectivity index (χ0n) is 31.7. The molecule has 1 heterocycles. The summed E-state index contributed by atoms with van der Waals surface area (Å²) in [6.45, 7) is 21.4. The van der Waals surface area contributed by atoms with Gasteiger partial charge in [0.15, 0.2) is 0 Å². The summed E-state index contributed by atoms with van der Waals surface area (Å²) < 4.78 is 0. The van der Waals surface area contributed by atoms with E-state index in [1.807, 2.05) is 13.8 Å². The Labute approximate surface area is 298 Å². The van der Waals surface area contributed by atoms with Crippen molar-refractivity contribution in [3.8, 4) is 6.07 Å². The Hall–Kier alpha value is -2.69. The number of carboxylic acids is 1. The summed E-state index contributed by atoms with van der Waals surface area (Å²) in [6, 6.07) is 1.76. The van der Waals surface area contributed by atoms with Gasteiger partial charge in [-0.1, -0.05) is 76.5 Å². The average Bonchev–Trinajstić information content (AvgIpc) is 3.05. The fourth-order valence-electron chi connectivity index (χ4n) is 7.83. The SMILES string of the molecule is C=C(C(=C)C(C)(C#N)C(C)CC(O)CCCC(C)C/C(C)=C/CC(=O)CC(C)CC/C(C)=C/C1CCCC(O)C1)N1CCCCC1C(=O)O. The summed E-state index contributed by atoms with van der Waals surface area (Å²) >= 11 is 0. The van der Waals surface area contributed by atoms with Crippen molar-refractivity contribution in [3.05, 3.63) is 47.7 Å². The standard InChI is InChI=1S/C42H68N2O5/c1-29(23-30(2)20-21-39(47)25-32(4)19-18-31(3)24-36-14-12-16-38(46)27-36)13-11-15-37(45)26-33(5)42(8,28-43)34(6)35(7)44-22-10-9-17-40(44)41(48)49/h20,24,29,32-33,36-38,40,45-46H,6-7,9-19,21-23,25-27H2,1-5,8H3,(H,48,49)/b30-20+,31-24+. The van der Waals surface area contributed by atoms with Crippen LogP contribution in [0.5, 0.6) is 0 Å². The van der Waals surface area contributed by atoms with Gasteiger partial charge < -0.3 is 20.2 Å². The molecule has 1 aliphatic heterocycles. The van der Waals surface area contributed by atoms with Crippen molar-refractivity contribution >= 4 is 11.8 Å². The predicted octanol–water partition coefficient (Wildman–Crippen LogP) is 9.32. The number of aliphatic hydroxyl groups is 2. The number of hydrogen-bond donors (Lipinski definition) is 3. The van der Waals surface area contributed by atoms with Crippen LogP contribution < -0.4 is 0 Å². The number of carbonyl (C=O) groups is 2. The molecular formula is C42H68N2O5. The molecule has 8 atom stereocenters. The van der Waals surface area contributed by atoms with Gasteiger partial charge in [0.2, 0.25) is 0 Å². The van der Waals surface area contributed by atoms with Crippen molar-refractivity contribution in [3.63, 3.8) is 0 Å². The molecule has 0 spiro atoms. The number of Topliss-reactive ketones (excluding diaryl/α,β-unsaturated/α-hetero) is 1. The normalized spacial score (nSPS) is 24.2. The topological polar surface area (TPSA) is 122 Å². The van der Waals surface area contributed by atoms with E-state index in [0.29, 0.717) is 73.5 Å². The summed E-state index contributed by atoms with van der Waals surface area (Å²) in [5, 5.41) is 40.8. The number of likely N-dealkylation sites (tertiary alicyclic amines) is 1. The summed E-state index contributed by atoms with van der Waals surface area (Å²) in [4.78, 5) is 26.3. The highest BCUT2D eigenvalue weighted by Crippen LogP contribution is 2.42. The Morgan fingerprint density at radius 2 is 1.69 bits per heavy atom. The van der Waals surface area contributed by atoms with E-state index in [1.54, 1.807) is 4.90 Å². The number of piperidine rings is 1. The maximum Gasteiger partial charge on any atom is 0.326 e. The fraction of sp³-hybridized carbons (Fsp3) is 0.738. The second kappa shape index (κ2) is 20.9. The van der Waals surface area contributed by atoms with Crippen molar-refractivity contribution in [2.24, 2.45) is 29.1 Å². The minimum Gasteiger partial charge on any atom is -0.480 e. The van der Waals surface area contributed by atoms with Gasteiger partial charge in [-0.3, -0.25) is 4.79 Å². The zero-order chi connectivity index (χ0) is 36.7. The third kappa shape index (κ3) is 14.2. The molecule has 1 saturated heterocycles. The Morgan fingerprint density at radius 3 is 2.35 bits per heavy atom. The lowest BCUT2D eigenvalue weighted by Gasteiger charge is -2.41. The maximum absolute atomic E-state index is 12.7. The Bertz CT molecular complexity index is 1210. The molecular weight excluding hydrogens is 612 g/mol. The minimum absolute atomic E-state index is 0.151. The average molecular weight is 681 g/mol. The third-order valence-corrected chi connectivity index (χ3v) is 11.4. The molecule has 2 rings (SSSR count). The molecule has 1 aliphatic carbocycles. The second-order valence-electron chi connectivity index (χ2n) is 16.0. The predicted molar refractivity (Wildman–Crippen MR) is 200 cm³/mol. The maximum atomic E-state index is 12.7. The first-order valence-electron chi connectivity index (χ1n) is 19.1. The highest BCUT2D eigenvalue weighted by Gasteiger charge is 2.40. The molecule has 7 nitrogen and oxygen atoms in total. The van der Waals surface area contributed by atoms with Gasteiger partial charge in [-0.2, -0.15) is 5.26 Å². The van der Waals surface area contributed by atoms with Crippen LogP contribution in [0.1, 0.15) is 144 Å². The van der Waals surface area contributed by atoms with E-state index >= 15 is 0 Å². The molecule has 0 amide bonds. The second-order valence-corrected chi connectivity index (χ2v) is 16.0. The van der Waals surface area contributed by atoms with E-state index in [-0.39, 0.29) is 12.0 Å². The molecule has 0 bridgehead atoms. The number of aliphatic hydroxyl groups excluding tert-OH is 2. The summed E-state index contributed by atoms with van der Waals surface area (Å²) in [5.41, 5.74) is 2.69. The van der Waals surface area contributed by atoms with Crippen LogP contribution in [0.3, 0.4) is 0 Å². The van der Waals surface area contributed by atoms with Gasteiger partial charge >= 0.3 is 5.97 Å². The van der Waals surface area contributed by atoms with Crippen LogP contribution in [0.15, 0.2) is 47.7 Å². The molecule has 2 aliphatic rings. The van der Waals surface area contributed by atoms with Crippen LogP contribution >= 0.6 is 0 Å². The van der Waals surface area contributed by atoms with Crippen molar-refractivity contribution < 1.29 is 24.9 Å². The number of nitriles is 1. The van der Waals surface area contributed by atoms with E-state index in [1.165, 1.54) is 17.6 Å². The lowest BCUT2D eigenvalue weighted by molar-refractivity contribution is -0.143. The lowest BCUT2D eigenvalue weighted by Crippen LogP contribution is -2.45. The van der Waals surface area contributed by atoms with Crippen LogP contribution in [0.4, 0.5) is 0 Å². The van der Waals surface area contributed by atoms with Crippen molar-refractivity contribution in [1.82, 2.24) is 4.90 Å². The largest absolute Gasteiger partial charge is 0.480 e. The number of aliphatic carboxylic acids is 1. The molecule has 276 valence electrons. The first-order chi connectivity index (χ1) is 23.1. The number of nitrogens with zero attached hydrogens (tertiary/aromatic N) is 2. The molecule has 3 N–H and O–H groups in total. The number of rotatable bonds is 21. The van der Waals surface area contributed by atoms with Crippen LogP contribution in [0, 0.1) is 40.4 Å². The number of carboxylic acid groups (broad SMARTS) is 1. The molecule has 0 radical (unpaired) electrons. The molecule has 8 unspecified atom stereocenters. The minimum atomic E-state index is -0.973. The van der Waals surface area contributed by atoms with Crippen LogP contribution in [-0.2, 0) is 9.59 Å². The van der Waals surface area contributed by atoms with Gasteiger partial charge in [-0.25, -0.2) is 4.79 Å². The van der Waals surface area contributed by atoms with Crippen LogP contribution in [0.2, 0.25) is 0 Å². The Kier molecular flexibility index (Phi) is 18.1. The number of carbonyl (C=O) groups excluding carboxylic acids is 1. The van der Waals surface area contributed by atoms with E-state index in [9.17, 15) is 30.2 Å². The van der Waals surface area contributed by atoms with Crippen molar-refractivity contribution in [1.29, 1.82) is 5.26 Å². The Balaban J connectivity index is 1.72. The number of ketones is 1. The lowest BCUT2D eigenvalue weighted by atomic mass is 9.70. The van der Waals surface area contributed by atoms with Gasteiger partial charge in [0.25, 0.3) is 0 Å². The molecule has 0 aromatic heterocycles. The zero-order valence-corrected chi connectivity index (χ0v) is 31.7. The third-order valence-electron chi connectivity index (χ3n) is 11.4. The highest BCUT2D eigenvalue weighted by atomic mass is 16.4. The van der Waals surface area contributed by atoms with Gasteiger partial charge in [0, 0.05) is 25.1 Å². The molecule has 49 heavy (non-hydrogen) atoms. The van der Waals surface area contributed by atoms with Crippen molar-refractivity contribution in [2.45, 2.75) is 163 Å². The number of allylic oxidation sites excluding steroid dienone is 5. The van der Waals surface area contributed by atoms with E-state index in [2.05, 4.69) is 59.1 Å². The van der Waals surface area contributed by atoms with E-state index in [0.717, 1.165) is 64.2 Å². The molecule has 0 aromatic carbocycles. The van der Waals surface area contributed by atoms with Crippen molar-refractivity contribution in [2.75, 3.05) is 6.54 Å². The summed E-state index contributed by atoms with van der Waals surface area (Å²) in [6.07, 6.45) is 17.1. The van der Waals surface area contributed by atoms with Gasteiger partial charge in [0.05, 0.1) is 23.7 Å². The summed E-state index contributed by atoms with van der Waals surface area (Å²) in [7, 11) is 0. The Morgan fingerprint density at radius 1 is 1.00 bits per heavy atom. The van der Waals surface area contributed by atoms with Gasteiger partial charge in [-0.15, -0.1) is 0 Å². The van der Waals surface area contributed by atoms with Crippen LogP contribution in [0.25, 0.3) is 0 Å². The van der Waals surface area contributed by atoms with Gasteiger partial charge in [0.1, 0.15) is 11.8 Å².